The maximum absolute atomic E-state index is 12.6. The summed E-state index contributed by atoms with van der Waals surface area (Å²) in [4.78, 5) is 12.6. The molecule has 0 aromatic rings. The molecule has 1 amide bonds. The summed E-state index contributed by atoms with van der Waals surface area (Å²) in [7, 11) is 0. The molecule has 0 aromatic heterocycles. The van der Waals surface area contributed by atoms with Gasteiger partial charge in [-0.3, -0.25) is 4.79 Å². The Morgan fingerprint density at radius 1 is 1.15 bits per heavy atom. The van der Waals surface area contributed by atoms with Gasteiger partial charge in [0.1, 0.15) is 0 Å². The summed E-state index contributed by atoms with van der Waals surface area (Å²) in [5.74, 6) is 2.26. The maximum Gasteiger partial charge on any atom is 0.223 e. The van der Waals surface area contributed by atoms with E-state index in [1.54, 1.807) is 0 Å². The van der Waals surface area contributed by atoms with Crippen molar-refractivity contribution < 1.29 is 4.79 Å². The number of hydrogen-bond donors (Lipinski definition) is 2. The van der Waals surface area contributed by atoms with Crippen LogP contribution in [0.3, 0.4) is 0 Å². The second-order valence-electron chi connectivity index (χ2n) is 7.28. The maximum atomic E-state index is 12.6. The van der Waals surface area contributed by atoms with Gasteiger partial charge in [-0.25, -0.2) is 0 Å². The lowest BCUT2D eigenvalue weighted by Crippen LogP contribution is -2.45. The van der Waals surface area contributed by atoms with Crippen LogP contribution in [0.5, 0.6) is 0 Å². The van der Waals surface area contributed by atoms with E-state index in [0.717, 1.165) is 12.3 Å². The van der Waals surface area contributed by atoms with Crippen molar-refractivity contribution in [1.29, 1.82) is 0 Å². The zero-order valence-corrected chi connectivity index (χ0v) is 13.2. The summed E-state index contributed by atoms with van der Waals surface area (Å²) < 4.78 is 0. The van der Waals surface area contributed by atoms with E-state index in [1.807, 2.05) is 0 Å². The molecule has 2 aliphatic carbocycles. The molecular formula is C17H32N2O. The average Bonchev–Trinajstić information content (AvgIpc) is 3.27. The fraction of sp³-hybridized carbons (Fsp3) is 0.941. The Hall–Kier alpha value is -0.570. The van der Waals surface area contributed by atoms with E-state index in [9.17, 15) is 4.79 Å². The van der Waals surface area contributed by atoms with Gasteiger partial charge in [0.2, 0.25) is 5.91 Å². The van der Waals surface area contributed by atoms with Crippen molar-refractivity contribution in [1.82, 2.24) is 5.32 Å². The third-order valence-corrected chi connectivity index (χ3v) is 5.23. The van der Waals surface area contributed by atoms with Crippen molar-refractivity contribution in [3.63, 3.8) is 0 Å². The molecule has 2 saturated carbocycles. The van der Waals surface area contributed by atoms with Gasteiger partial charge in [0, 0.05) is 18.5 Å². The van der Waals surface area contributed by atoms with Crippen LogP contribution in [-0.2, 0) is 4.79 Å². The molecule has 2 unspecified atom stereocenters. The Morgan fingerprint density at radius 3 is 2.30 bits per heavy atom. The lowest BCUT2D eigenvalue weighted by Gasteiger charge is -2.29. The minimum atomic E-state index is 0.172. The van der Waals surface area contributed by atoms with Crippen LogP contribution in [0.2, 0.25) is 0 Å². The summed E-state index contributed by atoms with van der Waals surface area (Å²) in [6.45, 7) is 4.95. The van der Waals surface area contributed by atoms with E-state index < -0.39 is 0 Å². The van der Waals surface area contributed by atoms with Crippen LogP contribution >= 0.6 is 0 Å². The SMILES string of the molecule is CC(C)C(CC1CCCCC1)C(=O)NC(CN)C1CC1. The quantitative estimate of drug-likeness (QED) is 0.753. The topological polar surface area (TPSA) is 55.1 Å². The Morgan fingerprint density at radius 2 is 1.80 bits per heavy atom. The normalized spacial score (nSPS) is 23.6. The first-order valence-corrected chi connectivity index (χ1v) is 8.62. The molecule has 0 saturated heterocycles. The number of nitrogens with one attached hydrogen (secondary N) is 1. The number of carbonyl (C=O) groups is 1. The zero-order chi connectivity index (χ0) is 14.5. The first-order valence-electron chi connectivity index (χ1n) is 8.62. The predicted molar refractivity (Wildman–Crippen MR) is 83.2 cm³/mol. The summed E-state index contributed by atoms with van der Waals surface area (Å²) in [6, 6.07) is 0.218. The van der Waals surface area contributed by atoms with Gasteiger partial charge in [-0.05, 0) is 37.0 Å². The van der Waals surface area contributed by atoms with E-state index in [0.29, 0.717) is 18.4 Å². The highest BCUT2D eigenvalue weighted by Crippen LogP contribution is 2.34. The van der Waals surface area contributed by atoms with Crippen LogP contribution in [0.1, 0.15) is 65.2 Å². The summed E-state index contributed by atoms with van der Waals surface area (Å²) in [6.07, 6.45) is 10.3. The number of nitrogens with two attached hydrogens (primary N) is 1. The highest BCUT2D eigenvalue weighted by molar-refractivity contribution is 5.79. The Balaban J connectivity index is 1.87. The molecule has 116 valence electrons. The van der Waals surface area contributed by atoms with Crippen molar-refractivity contribution >= 4 is 5.91 Å². The molecule has 3 heteroatoms. The third-order valence-electron chi connectivity index (χ3n) is 5.23. The lowest BCUT2D eigenvalue weighted by molar-refractivity contribution is -0.127. The van der Waals surface area contributed by atoms with Gasteiger partial charge >= 0.3 is 0 Å². The van der Waals surface area contributed by atoms with E-state index in [1.165, 1.54) is 44.9 Å². The van der Waals surface area contributed by atoms with Crippen molar-refractivity contribution in [3.8, 4) is 0 Å². The van der Waals surface area contributed by atoms with Crippen molar-refractivity contribution in [2.24, 2.45) is 29.4 Å². The molecule has 20 heavy (non-hydrogen) atoms. The van der Waals surface area contributed by atoms with Crippen molar-refractivity contribution in [2.75, 3.05) is 6.54 Å². The molecule has 2 atom stereocenters. The second kappa shape index (κ2) is 7.44. The van der Waals surface area contributed by atoms with Gasteiger partial charge in [-0.2, -0.15) is 0 Å². The first-order chi connectivity index (χ1) is 9.61. The molecule has 0 spiro atoms. The second-order valence-corrected chi connectivity index (χ2v) is 7.28. The Labute approximate surface area is 124 Å². The fourth-order valence-corrected chi connectivity index (χ4v) is 3.62. The zero-order valence-electron chi connectivity index (χ0n) is 13.2. The molecule has 2 rings (SSSR count). The Bertz CT molecular complexity index is 306. The number of amides is 1. The molecular weight excluding hydrogens is 248 g/mol. The van der Waals surface area contributed by atoms with Gasteiger partial charge in [-0.15, -0.1) is 0 Å². The van der Waals surface area contributed by atoms with E-state index in [2.05, 4.69) is 19.2 Å². The molecule has 0 aliphatic heterocycles. The minimum Gasteiger partial charge on any atom is -0.352 e. The van der Waals surface area contributed by atoms with Crippen LogP contribution < -0.4 is 11.1 Å². The van der Waals surface area contributed by atoms with Crippen molar-refractivity contribution in [3.05, 3.63) is 0 Å². The molecule has 3 N–H and O–H groups in total. The highest BCUT2D eigenvalue weighted by atomic mass is 16.2. The molecule has 2 fully saturated rings. The molecule has 0 aromatic carbocycles. The van der Waals surface area contributed by atoms with E-state index in [-0.39, 0.29) is 17.9 Å². The lowest BCUT2D eigenvalue weighted by atomic mass is 9.79. The minimum absolute atomic E-state index is 0.172. The van der Waals surface area contributed by atoms with Crippen LogP contribution in [0, 0.1) is 23.7 Å². The first kappa shape index (κ1) is 15.8. The van der Waals surface area contributed by atoms with Gasteiger partial charge < -0.3 is 11.1 Å². The third kappa shape index (κ3) is 4.47. The summed E-state index contributed by atoms with van der Waals surface area (Å²) >= 11 is 0. The number of hydrogen-bond acceptors (Lipinski definition) is 2. The number of carbonyl (C=O) groups excluding carboxylic acids is 1. The monoisotopic (exact) mass is 280 g/mol. The molecule has 0 radical (unpaired) electrons. The predicted octanol–water partition coefficient (Wildman–Crippen LogP) is 3.08. The van der Waals surface area contributed by atoms with Gasteiger partial charge in [0.25, 0.3) is 0 Å². The van der Waals surface area contributed by atoms with Gasteiger partial charge in [0.15, 0.2) is 0 Å². The Kier molecular flexibility index (Phi) is 5.88. The van der Waals surface area contributed by atoms with Crippen molar-refractivity contribution in [2.45, 2.75) is 71.3 Å². The van der Waals surface area contributed by atoms with Crippen LogP contribution in [0.15, 0.2) is 0 Å². The molecule has 2 aliphatic rings. The summed E-state index contributed by atoms with van der Waals surface area (Å²) in [5.41, 5.74) is 5.81. The van der Waals surface area contributed by atoms with Crippen LogP contribution in [0.25, 0.3) is 0 Å². The van der Waals surface area contributed by atoms with E-state index in [4.69, 9.17) is 5.73 Å². The van der Waals surface area contributed by atoms with Gasteiger partial charge in [0.05, 0.1) is 0 Å². The molecule has 3 nitrogen and oxygen atoms in total. The highest BCUT2D eigenvalue weighted by Gasteiger charge is 2.34. The van der Waals surface area contributed by atoms with E-state index >= 15 is 0 Å². The summed E-state index contributed by atoms with van der Waals surface area (Å²) in [5, 5.41) is 3.24. The average molecular weight is 280 g/mol. The fourth-order valence-electron chi connectivity index (χ4n) is 3.62. The largest absolute Gasteiger partial charge is 0.352 e. The smallest absolute Gasteiger partial charge is 0.223 e. The van der Waals surface area contributed by atoms with Crippen LogP contribution in [0.4, 0.5) is 0 Å². The van der Waals surface area contributed by atoms with Crippen LogP contribution in [-0.4, -0.2) is 18.5 Å². The number of rotatable bonds is 7. The van der Waals surface area contributed by atoms with Gasteiger partial charge in [-0.1, -0.05) is 46.0 Å². The standard InChI is InChI=1S/C17H32N2O/c1-12(2)15(10-13-6-4-3-5-7-13)17(20)19-16(11-18)14-8-9-14/h12-16H,3-11,18H2,1-2H3,(H,19,20). The molecule has 0 bridgehead atoms. The molecule has 0 heterocycles.